The van der Waals surface area contributed by atoms with Crippen LogP contribution >= 0.6 is 11.6 Å². The molecule has 0 bridgehead atoms. The molecule has 3 aromatic carbocycles. The molecular formula is C24H18ClFN2O2. The van der Waals surface area contributed by atoms with Crippen molar-refractivity contribution in [2.24, 2.45) is 0 Å². The van der Waals surface area contributed by atoms with Crippen LogP contribution in [0.4, 0.5) is 4.39 Å². The molecule has 6 heteroatoms. The largest absolute Gasteiger partial charge is 0.436 e. The van der Waals surface area contributed by atoms with Crippen molar-refractivity contribution >= 4 is 17.5 Å². The van der Waals surface area contributed by atoms with Crippen LogP contribution in [0, 0.1) is 5.82 Å². The number of halogens is 2. The van der Waals surface area contributed by atoms with Gasteiger partial charge in [-0.1, -0.05) is 35.9 Å². The first-order valence-electron chi connectivity index (χ1n) is 9.39. The molecule has 0 fully saturated rings. The first-order valence-corrected chi connectivity index (χ1v) is 9.76. The van der Waals surface area contributed by atoms with Gasteiger partial charge in [-0.15, -0.1) is 0 Å². The lowest BCUT2D eigenvalue weighted by atomic mass is 10.0. The van der Waals surface area contributed by atoms with Gasteiger partial charge >= 0.3 is 0 Å². The lowest BCUT2D eigenvalue weighted by Crippen LogP contribution is -2.27. The quantitative estimate of drug-likeness (QED) is 0.412. The first-order chi connectivity index (χ1) is 14.5. The lowest BCUT2D eigenvalue weighted by Gasteiger charge is -2.15. The Labute approximate surface area is 178 Å². The summed E-state index contributed by atoms with van der Waals surface area (Å²) in [5.41, 5.74) is 2.67. The maximum Gasteiger partial charge on any atom is 0.252 e. The van der Waals surface area contributed by atoms with E-state index in [9.17, 15) is 9.18 Å². The SMILES string of the molecule is C[C@H](NC(=O)c1ccccc1-c1ncc(-c2ccc(F)cc2)o1)c1ccc(Cl)cc1. The fourth-order valence-electron chi connectivity index (χ4n) is 3.12. The highest BCUT2D eigenvalue weighted by Crippen LogP contribution is 2.29. The average molecular weight is 421 g/mol. The molecule has 1 amide bonds. The van der Waals surface area contributed by atoms with Gasteiger partial charge in [-0.3, -0.25) is 4.79 Å². The molecule has 0 spiro atoms. The summed E-state index contributed by atoms with van der Waals surface area (Å²) in [4.78, 5) is 17.3. The van der Waals surface area contributed by atoms with E-state index in [0.29, 0.717) is 33.4 Å². The zero-order valence-corrected chi connectivity index (χ0v) is 16.9. The number of nitrogens with one attached hydrogen (secondary N) is 1. The van der Waals surface area contributed by atoms with E-state index in [1.807, 2.05) is 25.1 Å². The number of hydrogen-bond acceptors (Lipinski definition) is 3. The van der Waals surface area contributed by atoms with E-state index in [2.05, 4.69) is 10.3 Å². The van der Waals surface area contributed by atoms with Crippen molar-refractivity contribution in [1.29, 1.82) is 0 Å². The van der Waals surface area contributed by atoms with Crippen molar-refractivity contribution < 1.29 is 13.6 Å². The maximum absolute atomic E-state index is 13.2. The zero-order valence-electron chi connectivity index (χ0n) is 16.1. The first kappa shape index (κ1) is 19.9. The van der Waals surface area contributed by atoms with Crippen LogP contribution in [0.25, 0.3) is 22.8 Å². The monoisotopic (exact) mass is 420 g/mol. The molecule has 1 atom stereocenters. The molecule has 4 nitrogen and oxygen atoms in total. The second-order valence-electron chi connectivity index (χ2n) is 6.83. The fourth-order valence-corrected chi connectivity index (χ4v) is 3.25. The Kier molecular flexibility index (Phi) is 5.63. The Morgan fingerprint density at radius 1 is 1.03 bits per heavy atom. The van der Waals surface area contributed by atoms with Gasteiger partial charge in [0.05, 0.1) is 17.8 Å². The summed E-state index contributed by atoms with van der Waals surface area (Å²) in [6.45, 7) is 1.90. The van der Waals surface area contributed by atoms with Crippen LogP contribution in [-0.2, 0) is 0 Å². The smallest absolute Gasteiger partial charge is 0.252 e. The van der Waals surface area contributed by atoms with E-state index in [4.69, 9.17) is 16.0 Å². The number of rotatable bonds is 5. The van der Waals surface area contributed by atoms with E-state index in [1.165, 1.54) is 12.1 Å². The number of carbonyl (C=O) groups excluding carboxylic acids is 1. The number of benzene rings is 3. The van der Waals surface area contributed by atoms with Crippen molar-refractivity contribution in [2.45, 2.75) is 13.0 Å². The highest BCUT2D eigenvalue weighted by atomic mass is 35.5. The molecule has 0 aliphatic carbocycles. The fraction of sp³-hybridized carbons (Fsp3) is 0.0833. The number of amides is 1. The highest BCUT2D eigenvalue weighted by Gasteiger charge is 2.19. The number of oxazole rings is 1. The molecule has 1 aromatic heterocycles. The van der Waals surface area contributed by atoms with E-state index in [1.54, 1.807) is 48.7 Å². The van der Waals surface area contributed by atoms with Crippen LogP contribution in [-0.4, -0.2) is 10.9 Å². The van der Waals surface area contributed by atoms with Crippen LogP contribution in [0.2, 0.25) is 5.02 Å². The van der Waals surface area contributed by atoms with Gasteiger partial charge in [0.1, 0.15) is 5.82 Å². The van der Waals surface area contributed by atoms with E-state index >= 15 is 0 Å². The lowest BCUT2D eigenvalue weighted by molar-refractivity contribution is 0.0940. The van der Waals surface area contributed by atoms with E-state index in [0.717, 1.165) is 5.56 Å². The zero-order chi connectivity index (χ0) is 21.1. The van der Waals surface area contributed by atoms with Crippen molar-refractivity contribution in [3.05, 3.63) is 101 Å². The van der Waals surface area contributed by atoms with Gasteiger partial charge in [0, 0.05) is 16.1 Å². The molecule has 1 N–H and O–H groups in total. The van der Waals surface area contributed by atoms with Crippen LogP contribution in [0.15, 0.2) is 83.4 Å². The van der Waals surface area contributed by atoms with Gasteiger partial charge in [0.25, 0.3) is 5.91 Å². The molecule has 4 rings (SSSR count). The number of carbonyl (C=O) groups is 1. The van der Waals surface area contributed by atoms with Crippen LogP contribution in [0.5, 0.6) is 0 Å². The number of nitrogens with zero attached hydrogens (tertiary/aromatic N) is 1. The van der Waals surface area contributed by atoms with Gasteiger partial charge in [-0.2, -0.15) is 0 Å². The molecular weight excluding hydrogens is 403 g/mol. The summed E-state index contributed by atoms with van der Waals surface area (Å²) in [6.07, 6.45) is 1.56. The van der Waals surface area contributed by atoms with Crippen molar-refractivity contribution in [1.82, 2.24) is 10.3 Å². The van der Waals surface area contributed by atoms with Gasteiger partial charge in [-0.05, 0) is 61.0 Å². The predicted molar refractivity (Wildman–Crippen MR) is 115 cm³/mol. The molecule has 0 unspecified atom stereocenters. The average Bonchev–Trinajstić information content (AvgIpc) is 3.25. The molecule has 30 heavy (non-hydrogen) atoms. The van der Waals surface area contributed by atoms with Gasteiger partial charge < -0.3 is 9.73 Å². The molecule has 4 aromatic rings. The Hall–Kier alpha value is -3.44. The van der Waals surface area contributed by atoms with E-state index in [-0.39, 0.29) is 17.8 Å². The summed E-state index contributed by atoms with van der Waals surface area (Å²) in [5.74, 6) is 0.249. The van der Waals surface area contributed by atoms with Gasteiger partial charge in [0.15, 0.2) is 5.76 Å². The molecule has 0 radical (unpaired) electrons. The van der Waals surface area contributed by atoms with Crippen LogP contribution < -0.4 is 5.32 Å². The van der Waals surface area contributed by atoms with Gasteiger partial charge in [0.2, 0.25) is 5.89 Å². The minimum atomic E-state index is -0.324. The minimum Gasteiger partial charge on any atom is -0.436 e. The normalized spacial score (nSPS) is 11.8. The third-order valence-electron chi connectivity index (χ3n) is 4.75. The van der Waals surface area contributed by atoms with Gasteiger partial charge in [-0.25, -0.2) is 9.37 Å². The summed E-state index contributed by atoms with van der Waals surface area (Å²) in [5, 5.41) is 3.64. The van der Waals surface area contributed by atoms with E-state index < -0.39 is 0 Å². The topological polar surface area (TPSA) is 55.1 Å². The minimum absolute atomic E-state index is 0.206. The number of aromatic nitrogens is 1. The summed E-state index contributed by atoms with van der Waals surface area (Å²) in [7, 11) is 0. The van der Waals surface area contributed by atoms with Crippen LogP contribution in [0.1, 0.15) is 28.9 Å². The molecule has 0 saturated heterocycles. The Balaban J connectivity index is 1.59. The Morgan fingerprint density at radius 2 is 1.73 bits per heavy atom. The molecule has 0 saturated carbocycles. The number of hydrogen-bond donors (Lipinski definition) is 1. The molecule has 150 valence electrons. The summed E-state index contributed by atoms with van der Waals surface area (Å²) >= 11 is 5.94. The Bertz CT molecular complexity index is 1170. The third kappa shape index (κ3) is 4.26. The van der Waals surface area contributed by atoms with Crippen LogP contribution in [0.3, 0.4) is 0 Å². The molecule has 0 aliphatic rings. The standard InChI is InChI=1S/C24H18ClFN2O2/c1-15(16-6-10-18(25)11-7-16)28-23(29)20-4-2-3-5-21(20)24-27-14-22(30-24)17-8-12-19(26)13-9-17/h2-15H,1H3,(H,28,29)/t15-/m0/s1. The second kappa shape index (κ2) is 8.51. The van der Waals surface area contributed by atoms with Crippen molar-refractivity contribution in [2.75, 3.05) is 0 Å². The highest BCUT2D eigenvalue weighted by molar-refractivity contribution is 6.30. The van der Waals surface area contributed by atoms with Crippen molar-refractivity contribution in [3.63, 3.8) is 0 Å². The maximum atomic E-state index is 13.2. The van der Waals surface area contributed by atoms with Crippen molar-refractivity contribution in [3.8, 4) is 22.8 Å². The second-order valence-corrected chi connectivity index (χ2v) is 7.27. The third-order valence-corrected chi connectivity index (χ3v) is 5.01. The molecule has 1 heterocycles. The molecule has 0 aliphatic heterocycles. The summed E-state index contributed by atoms with van der Waals surface area (Å²) < 4.78 is 19.0. The summed E-state index contributed by atoms with van der Waals surface area (Å²) in [6, 6.07) is 20.2. The predicted octanol–water partition coefficient (Wildman–Crippen LogP) is 6.29. The Morgan fingerprint density at radius 3 is 2.47 bits per heavy atom.